The molecule has 1 atom stereocenters. The molecule has 0 radical (unpaired) electrons. The first-order chi connectivity index (χ1) is 5.27. The van der Waals surface area contributed by atoms with Crippen molar-refractivity contribution in [3.05, 3.63) is 4.91 Å². The number of nitrogens with one attached hydrogen (secondary N) is 1. The summed E-state index contributed by atoms with van der Waals surface area (Å²) in [6.07, 6.45) is 1.92. The Labute approximate surface area is 63.8 Å². The predicted octanol–water partition coefficient (Wildman–Crippen LogP) is -0.608. The highest BCUT2D eigenvalue weighted by Crippen LogP contribution is 2.18. The van der Waals surface area contributed by atoms with Gasteiger partial charge < -0.3 is 10.4 Å². The largest absolute Gasteiger partial charge is 0.393 e. The zero-order chi connectivity index (χ0) is 8.27. The zero-order valence-corrected chi connectivity index (χ0v) is 5.99. The van der Waals surface area contributed by atoms with Crippen LogP contribution in [0, 0.1) is 4.91 Å². The van der Waals surface area contributed by atoms with Gasteiger partial charge in [0.05, 0.1) is 6.61 Å². The minimum Gasteiger partial charge on any atom is -0.393 e. The number of nitroso groups, excluding NO2 is 1. The molecule has 0 aromatic rings. The lowest BCUT2D eigenvalue weighted by atomic mass is 10.3. The third kappa shape index (κ3) is 2.27. The third-order valence-corrected chi connectivity index (χ3v) is 1.53. The van der Waals surface area contributed by atoms with E-state index in [4.69, 9.17) is 5.11 Å². The smallest absolute Gasteiger partial charge is 0.251 e. The molecule has 1 fully saturated rings. The van der Waals surface area contributed by atoms with Crippen LogP contribution in [-0.2, 0) is 4.79 Å². The Kier molecular flexibility index (Phi) is 2.53. The molecular formula is C6H10N2O3. The maximum atomic E-state index is 10.9. The van der Waals surface area contributed by atoms with E-state index >= 15 is 0 Å². The monoisotopic (exact) mass is 158 g/mol. The first kappa shape index (κ1) is 8.13. The molecule has 1 unspecified atom stereocenters. The second-order valence-corrected chi connectivity index (χ2v) is 2.59. The number of aliphatic hydroxyl groups excluding tert-OH is 1. The number of aliphatic hydroxyl groups is 1. The van der Waals surface area contributed by atoms with Crippen LogP contribution in [-0.4, -0.2) is 29.7 Å². The Morgan fingerprint density at radius 2 is 2.36 bits per heavy atom. The van der Waals surface area contributed by atoms with E-state index in [9.17, 15) is 9.70 Å². The van der Waals surface area contributed by atoms with Crippen LogP contribution in [0.25, 0.3) is 0 Å². The van der Waals surface area contributed by atoms with E-state index in [1.807, 2.05) is 0 Å². The number of carbonyl (C=O) groups is 1. The van der Waals surface area contributed by atoms with E-state index in [-0.39, 0.29) is 6.04 Å². The second-order valence-electron chi connectivity index (χ2n) is 2.59. The summed E-state index contributed by atoms with van der Waals surface area (Å²) in [7, 11) is 0. The Hall–Kier alpha value is -0.970. The van der Waals surface area contributed by atoms with Gasteiger partial charge in [0.2, 0.25) is 0 Å². The van der Waals surface area contributed by atoms with Crippen molar-refractivity contribution in [2.45, 2.75) is 24.9 Å². The van der Waals surface area contributed by atoms with Crippen molar-refractivity contribution in [2.75, 3.05) is 6.61 Å². The molecule has 1 rings (SSSR count). The van der Waals surface area contributed by atoms with Crippen LogP contribution in [0.5, 0.6) is 0 Å². The standard InChI is InChI=1S/C6H10N2O3/c9-3-5(8-11)6(10)7-4-1-2-4/h4-5,9H,1-3H2,(H,7,10). The molecule has 0 spiro atoms. The van der Waals surface area contributed by atoms with Crippen molar-refractivity contribution >= 4 is 5.91 Å². The van der Waals surface area contributed by atoms with E-state index in [0.717, 1.165) is 12.8 Å². The summed E-state index contributed by atoms with van der Waals surface area (Å²) in [5, 5.41) is 13.5. The molecule has 0 bridgehead atoms. The zero-order valence-electron chi connectivity index (χ0n) is 5.99. The molecule has 1 aliphatic carbocycles. The van der Waals surface area contributed by atoms with Gasteiger partial charge in [-0.05, 0) is 12.8 Å². The van der Waals surface area contributed by atoms with E-state index in [2.05, 4.69) is 10.5 Å². The average Bonchev–Trinajstić information content (AvgIpc) is 2.74. The molecule has 2 N–H and O–H groups in total. The minimum absolute atomic E-state index is 0.207. The molecule has 0 aromatic heterocycles. The third-order valence-electron chi connectivity index (χ3n) is 1.53. The molecular weight excluding hydrogens is 148 g/mol. The highest BCUT2D eigenvalue weighted by molar-refractivity contribution is 5.82. The summed E-state index contributed by atoms with van der Waals surface area (Å²) in [6, 6.07) is -0.922. The Bertz CT molecular complexity index is 167. The second kappa shape index (κ2) is 3.43. The number of amides is 1. The highest BCUT2D eigenvalue weighted by Gasteiger charge is 2.27. The molecule has 5 nitrogen and oxygen atoms in total. The Morgan fingerprint density at radius 3 is 2.73 bits per heavy atom. The fourth-order valence-corrected chi connectivity index (χ4v) is 0.689. The molecule has 0 aliphatic heterocycles. The average molecular weight is 158 g/mol. The van der Waals surface area contributed by atoms with Crippen LogP contribution in [0.4, 0.5) is 0 Å². The van der Waals surface area contributed by atoms with Crippen molar-refractivity contribution in [1.29, 1.82) is 0 Å². The van der Waals surface area contributed by atoms with E-state index in [0.29, 0.717) is 0 Å². The Balaban J connectivity index is 2.30. The highest BCUT2D eigenvalue weighted by atomic mass is 16.3. The molecule has 0 heterocycles. The topological polar surface area (TPSA) is 78.8 Å². The van der Waals surface area contributed by atoms with Crippen molar-refractivity contribution in [3.8, 4) is 0 Å². The first-order valence-electron chi connectivity index (χ1n) is 3.51. The lowest BCUT2D eigenvalue weighted by molar-refractivity contribution is -0.123. The van der Waals surface area contributed by atoms with Gasteiger partial charge in [0.25, 0.3) is 5.91 Å². The summed E-state index contributed by atoms with van der Waals surface area (Å²) >= 11 is 0. The maximum Gasteiger partial charge on any atom is 0.251 e. The van der Waals surface area contributed by atoms with E-state index in [1.54, 1.807) is 0 Å². The maximum absolute atomic E-state index is 10.9. The van der Waals surface area contributed by atoms with Gasteiger partial charge in [-0.3, -0.25) is 4.79 Å². The first-order valence-corrected chi connectivity index (χ1v) is 3.51. The van der Waals surface area contributed by atoms with E-state index in [1.165, 1.54) is 0 Å². The Morgan fingerprint density at radius 1 is 1.73 bits per heavy atom. The summed E-state index contributed by atoms with van der Waals surface area (Å²) in [6.45, 7) is -0.512. The van der Waals surface area contributed by atoms with Crippen molar-refractivity contribution in [3.63, 3.8) is 0 Å². The molecule has 62 valence electrons. The van der Waals surface area contributed by atoms with Gasteiger partial charge in [-0.2, -0.15) is 0 Å². The molecule has 1 saturated carbocycles. The fraction of sp³-hybridized carbons (Fsp3) is 0.833. The van der Waals surface area contributed by atoms with Gasteiger partial charge in [-0.25, -0.2) is 0 Å². The molecule has 0 aromatic carbocycles. The normalized spacial score (nSPS) is 19.0. The van der Waals surface area contributed by atoms with Gasteiger partial charge >= 0.3 is 0 Å². The van der Waals surface area contributed by atoms with E-state index < -0.39 is 18.6 Å². The van der Waals surface area contributed by atoms with Crippen LogP contribution in [0.15, 0.2) is 5.18 Å². The lowest BCUT2D eigenvalue weighted by Gasteiger charge is -2.04. The number of carbonyl (C=O) groups excluding carboxylic acids is 1. The summed E-state index contributed by atoms with van der Waals surface area (Å²) in [5.74, 6) is -0.468. The van der Waals surface area contributed by atoms with Gasteiger partial charge in [0.1, 0.15) is 0 Å². The van der Waals surface area contributed by atoms with Gasteiger partial charge in [-0.15, -0.1) is 4.91 Å². The number of rotatable bonds is 4. The quantitative estimate of drug-likeness (QED) is 0.536. The number of hydrogen-bond donors (Lipinski definition) is 2. The minimum atomic E-state index is -1.13. The van der Waals surface area contributed by atoms with Crippen LogP contribution < -0.4 is 5.32 Å². The van der Waals surface area contributed by atoms with Crippen LogP contribution in [0.1, 0.15) is 12.8 Å². The predicted molar refractivity (Wildman–Crippen MR) is 37.8 cm³/mol. The van der Waals surface area contributed by atoms with Crippen molar-refractivity contribution in [2.24, 2.45) is 5.18 Å². The van der Waals surface area contributed by atoms with Crippen LogP contribution >= 0.6 is 0 Å². The molecule has 0 saturated heterocycles. The van der Waals surface area contributed by atoms with Gasteiger partial charge in [0, 0.05) is 6.04 Å². The van der Waals surface area contributed by atoms with Crippen LogP contribution in [0.3, 0.4) is 0 Å². The molecule has 5 heteroatoms. The van der Waals surface area contributed by atoms with Crippen molar-refractivity contribution < 1.29 is 9.90 Å². The molecule has 11 heavy (non-hydrogen) atoms. The number of hydrogen-bond acceptors (Lipinski definition) is 4. The summed E-state index contributed by atoms with van der Waals surface area (Å²) in [5.41, 5.74) is 0. The SMILES string of the molecule is O=NC(CO)C(=O)NC1CC1. The lowest BCUT2D eigenvalue weighted by Crippen LogP contribution is -2.36. The molecule has 1 amide bonds. The van der Waals surface area contributed by atoms with Gasteiger partial charge in [-0.1, -0.05) is 5.18 Å². The van der Waals surface area contributed by atoms with Crippen LogP contribution in [0.2, 0.25) is 0 Å². The van der Waals surface area contributed by atoms with Gasteiger partial charge in [0.15, 0.2) is 6.04 Å². The molecule has 1 aliphatic rings. The fourth-order valence-electron chi connectivity index (χ4n) is 0.689. The number of nitrogens with zero attached hydrogens (tertiary/aromatic N) is 1. The summed E-state index contributed by atoms with van der Waals surface area (Å²) in [4.78, 5) is 20.8. The van der Waals surface area contributed by atoms with Crippen molar-refractivity contribution in [1.82, 2.24) is 5.32 Å². The summed E-state index contributed by atoms with van der Waals surface area (Å²) < 4.78 is 0.